The van der Waals surface area contributed by atoms with Gasteiger partial charge in [-0.05, 0) is 62.6 Å². The molecular weight excluding hydrogens is 448 g/mol. The van der Waals surface area contributed by atoms with Crippen molar-refractivity contribution in [2.24, 2.45) is 5.73 Å². The Hall–Kier alpha value is -2.82. The molecule has 0 bridgehead atoms. The van der Waals surface area contributed by atoms with Crippen molar-refractivity contribution in [1.29, 1.82) is 0 Å². The summed E-state index contributed by atoms with van der Waals surface area (Å²) < 4.78 is 3.22. The summed E-state index contributed by atoms with van der Waals surface area (Å²) in [6, 6.07) is 25.0. The fourth-order valence-corrected chi connectivity index (χ4v) is 4.75. The number of primary amides is 1. The summed E-state index contributed by atoms with van der Waals surface area (Å²) in [5.41, 5.74) is 9.12. The second kappa shape index (κ2) is 6.90. The molecule has 1 aromatic heterocycles. The highest BCUT2D eigenvalue weighted by atomic mass is 79.9. The standard InChI is InChI=1S/C24H15BrClN2O/c25-23-15(9-8-14-4-1-2-5-17(14)23)13-28-20-7-3-6-19(24(27)29)22(20)18-11-10-16(26)12-21(18)28/h1-10,12H,13H2,(H2,27,29). The Labute approximate surface area is 180 Å². The van der Waals surface area contributed by atoms with E-state index in [4.69, 9.17) is 17.3 Å². The summed E-state index contributed by atoms with van der Waals surface area (Å²) in [5.74, 6) is -0.454. The SMILES string of the molecule is NC(=O)c1cccc2c1c1[c]cc(Cl)cc1n2Cc1ccc2ccccc2c1Br. The molecule has 1 radical (unpaired) electrons. The van der Waals surface area contributed by atoms with Crippen LogP contribution in [0.4, 0.5) is 0 Å². The van der Waals surface area contributed by atoms with E-state index in [1.54, 1.807) is 12.1 Å². The van der Waals surface area contributed by atoms with Gasteiger partial charge < -0.3 is 10.3 Å². The molecule has 1 amide bonds. The molecule has 0 saturated heterocycles. The van der Waals surface area contributed by atoms with Crippen LogP contribution in [-0.2, 0) is 6.54 Å². The Morgan fingerprint density at radius 2 is 1.90 bits per heavy atom. The molecule has 5 rings (SSSR count). The Kier molecular flexibility index (Phi) is 4.34. The molecule has 0 aliphatic carbocycles. The van der Waals surface area contributed by atoms with Gasteiger partial charge in [-0.1, -0.05) is 54.1 Å². The minimum Gasteiger partial charge on any atom is -0.366 e. The highest BCUT2D eigenvalue weighted by molar-refractivity contribution is 9.10. The number of amides is 1. The normalized spacial score (nSPS) is 11.5. The maximum Gasteiger partial charge on any atom is 0.249 e. The first-order valence-corrected chi connectivity index (χ1v) is 10.3. The molecule has 0 aliphatic heterocycles. The predicted octanol–water partition coefficient (Wildman–Crippen LogP) is 6.31. The van der Waals surface area contributed by atoms with Gasteiger partial charge in [-0.3, -0.25) is 4.79 Å². The second-order valence-electron chi connectivity index (χ2n) is 6.99. The molecule has 0 spiro atoms. The van der Waals surface area contributed by atoms with Crippen molar-refractivity contribution >= 4 is 66.0 Å². The van der Waals surface area contributed by atoms with E-state index >= 15 is 0 Å². The maximum atomic E-state index is 12.1. The molecule has 29 heavy (non-hydrogen) atoms. The number of carbonyl (C=O) groups excluding carboxylic acids is 1. The third kappa shape index (κ3) is 2.91. The smallest absolute Gasteiger partial charge is 0.249 e. The van der Waals surface area contributed by atoms with Gasteiger partial charge in [0.25, 0.3) is 0 Å². The average molecular weight is 463 g/mol. The largest absolute Gasteiger partial charge is 0.366 e. The third-order valence-corrected chi connectivity index (χ3v) is 6.45. The van der Waals surface area contributed by atoms with Crippen LogP contribution in [0.5, 0.6) is 0 Å². The summed E-state index contributed by atoms with van der Waals surface area (Å²) in [5, 5.41) is 4.59. The second-order valence-corrected chi connectivity index (χ2v) is 8.22. The van der Waals surface area contributed by atoms with Gasteiger partial charge in [-0.15, -0.1) is 0 Å². The molecular formula is C24H15BrClN2O. The van der Waals surface area contributed by atoms with E-state index in [2.05, 4.69) is 50.8 Å². The molecule has 0 unspecified atom stereocenters. The van der Waals surface area contributed by atoms with Crippen LogP contribution in [0, 0.1) is 6.07 Å². The van der Waals surface area contributed by atoms with Crippen LogP contribution in [-0.4, -0.2) is 10.5 Å². The Morgan fingerprint density at radius 3 is 2.72 bits per heavy atom. The fraction of sp³-hybridized carbons (Fsp3) is 0.0417. The van der Waals surface area contributed by atoms with E-state index in [1.807, 2.05) is 30.3 Å². The van der Waals surface area contributed by atoms with Crippen LogP contribution >= 0.6 is 27.5 Å². The number of rotatable bonds is 3. The first-order valence-electron chi connectivity index (χ1n) is 9.12. The lowest BCUT2D eigenvalue weighted by atomic mass is 10.1. The Bertz CT molecular complexity index is 1440. The zero-order valence-electron chi connectivity index (χ0n) is 15.2. The number of fused-ring (bicyclic) bond motifs is 4. The van der Waals surface area contributed by atoms with Crippen molar-refractivity contribution in [3.63, 3.8) is 0 Å². The number of nitrogens with zero attached hydrogens (tertiary/aromatic N) is 1. The van der Waals surface area contributed by atoms with Gasteiger partial charge in [0.1, 0.15) is 0 Å². The molecule has 5 aromatic rings. The summed E-state index contributed by atoms with van der Waals surface area (Å²) >= 11 is 10.1. The number of halogens is 2. The zero-order chi connectivity index (χ0) is 20.1. The van der Waals surface area contributed by atoms with Crippen molar-refractivity contribution in [1.82, 2.24) is 4.57 Å². The Morgan fingerprint density at radius 1 is 1.07 bits per heavy atom. The van der Waals surface area contributed by atoms with Gasteiger partial charge in [0.15, 0.2) is 0 Å². The van der Waals surface area contributed by atoms with Crippen molar-refractivity contribution < 1.29 is 4.79 Å². The maximum absolute atomic E-state index is 12.1. The number of aromatic nitrogens is 1. The molecule has 0 fully saturated rings. The minimum absolute atomic E-state index is 0.454. The van der Waals surface area contributed by atoms with Gasteiger partial charge in [0.2, 0.25) is 5.91 Å². The van der Waals surface area contributed by atoms with Crippen molar-refractivity contribution in [3.05, 3.63) is 93.4 Å². The first kappa shape index (κ1) is 18.2. The molecule has 141 valence electrons. The Balaban J connectivity index is 1.81. The van der Waals surface area contributed by atoms with E-state index in [0.29, 0.717) is 17.1 Å². The molecule has 2 N–H and O–H groups in total. The highest BCUT2D eigenvalue weighted by Crippen LogP contribution is 2.35. The number of benzene rings is 4. The van der Waals surface area contributed by atoms with E-state index in [9.17, 15) is 4.79 Å². The van der Waals surface area contributed by atoms with Crippen LogP contribution in [0.25, 0.3) is 32.6 Å². The van der Waals surface area contributed by atoms with Gasteiger partial charge in [0.05, 0.1) is 11.0 Å². The van der Waals surface area contributed by atoms with Gasteiger partial charge >= 0.3 is 0 Å². The molecule has 0 atom stereocenters. The van der Waals surface area contributed by atoms with Crippen LogP contribution in [0.1, 0.15) is 15.9 Å². The monoisotopic (exact) mass is 461 g/mol. The van der Waals surface area contributed by atoms with Crippen LogP contribution in [0.3, 0.4) is 0 Å². The van der Waals surface area contributed by atoms with Crippen molar-refractivity contribution in [2.45, 2.75) is 6.54 Å². The number of nitrogens with two attached hydrogens (primary N) is 1. The molecule has 0 aliphatic rings. The summed E-state index contributed by atoms with van der Waals surface area (Å²) in [7, 11) is 0. The van der Waals surface area contributed by atoms with E-state index in [0.717, 1.165) is 37.2 Å². The van der Waals surface area contributed by atoms with Crippen molar-refractivity contribution in [2.75, 3.05) is 0 Å². The highest BCUT2D eigenvalue weighted by Gasteiger charge is 2.18. The summed E-state index contributed by atoms with van der Waals surface area (Å²) in [4.78, 5) is 12.1. The fourth-order valence-electron chi connectivity index (χ4n) is 3.98. The number of hydrogen-bond donors (Lipinski definition) is 1. The van der Waals surface area contributed by atoms with E-state index < -0.39 is 5.91 Å². The topological polar surface area (TPSA) is 48.0 Å². The molecule has 3 nitrogen and oxygen atoms in total. The van der Waals surface area contributed by atoms with Crippen LogP contribution < -0.4 is 5.73 Å². The van der Waals surface area contributed by atoms with E-state index in [1.165, 1.54) is 5.39 Å². The molecule has 4 aromatic carbocycles. The van der Waals surface area contributed by atoms with Crippen molar-refractivity contribution in [3.8, 4) is 0 Å². The quantitative estimate of drug-likeness (QED) is 0.335. The lowest BCUT2D eigenvalue weighted by molar-refractivity contribution is 0.100. The number of hydrogen-bond acceptors (Lipinski definition) is 1. The molecule has 1 heterocycles. The van der Waals surface area contributed by atoms with Gasteiger partial charge in [-0.25, -0.2) is 0 Å². The minimum atomic E-state index is -0.454. The molecule has 0 saturated carbocycles. The van der Waals surface area contributed by atoms with E-state index in [-0.39, 0.29) is 0 Å². The molecule has 5 heteroatoms. The third-order valence-electron chi connectivity index (χ3n) is 5.30. The van der Waals surface area contributed by atoms with Crippen LogP contribution in [0.2, 0.25) is 5.02 Å². The number of carbonyl (C=O) groups is 1. The summed E-state index contributed by atoms with van der Waals surface area (Å²) in [6.45, 7) is 0.613. The van der Waals surface area contributed by atoms with Gasteiger partial charge in [-0.2, -0.15) is 0 Å². The summed E-state index contributed by atoms with van der Waals surface area (Å²) in [6.07, 6.45) is 0. The average Bonchev–Trinajstić information content (AvgIpc) is 3.03. The van der Waals surface area contributed by atoms with Gasteiger partial charge in [0, 0.05) is 32.4 Å². The predicted molar refractivity (Wildman–Crippen MR) is 123 cm³/mol. The first-order chi connectivity index (χ1) is 14.0. The zero-order valence-corrected chi connectivity index (χ0v) is 17.6. The lowest BCUT2D eigenvalue weighted by Gasteiger charge is -2.12. The van der Waals surface area contributed by atoms with Crippen LogP contribution in [0.15, 0.2) is 71.2 Å². The lowest BCUT2D eigenvalue weighted by Crippen LogP contribution is -2.11.